The molecule has 0 heterocycles. The van der Waals surface area contributed by atoms with Gasteiger partial charge in [0.25, 0.3) is 0 Å². The Morgan fingerprint density at radius 2 is 2.06 bits per heavy atom. The predicted molar refractivity (Wildman–Crippen MR) is 84.9 cm³/mol. The van der Waals surface area contributed by atoms with Crippen molar-refractivity contribution in [3.05, 3.63) is 27.3 Å². The molecule has 0 bridgehead atoms. The molecule has 1 aromatic carbocycles. The maximum absolute atomic E-state index is 11.8. The van der Waals surface area contributed by atoms with Crippen LogP contribution in [0.25, 0.3) is 0 Å². The van der Waals surface area contributed by atoms with Crippen molar-refractivity contribution in [1.82, 2.24) is 5.32 Å². The molecule has 100 valence electrons. The third-order valence-corrected chi connectivity index (χ3v) is 3.67. The number of halogens is 1. The first kappa shape index (κ1) is 15.3. The van der Waals surface area contributed by atoms with Gasteiger partial charge in [0.05, 0.1) is 6.54 Å². The van der Waals surface area contributed by atoms with Crippen molar-refractivity contribution in [1.29, 1.82) is 0 Å². The third-order valence-electron chi connectivity index (χ3n) is 3.00. The molecule has 0 aromatic heterocycles. The average Bonchev–Trinajstić information content (AvgIpc) is 2.30. The van der Waals surface area contributed by atoms with Crippen LogP contribution >= 0.6 is 22.6 Å². The number of carbonyl (C=O) groups excluding carboxylic acids is 1. The van der Waals surface area contributed by atoms with Crippen molar-refractivity contribution < 1.29 is 4.79 Å². The zero-order chi connectivity index (χ0) is 13.8. The van der Waals surface area contributed by atoms with Gasteiger partial charge < -0.3 is 10.6 Å². The van der Waals surface area contributed by atoms with Crippen molar-refractivity contribution in [2.24, 2.45) is 0 Å². The van der Waals surface area contributed by atoms with E-state index in [1.807, 2.05) is 26.8 Å². The molecule has 0 atom stereocenters. The monoisotopic (exact) mass is 360 g/mol. The van der Waals surface area contributed by atoms with Crippen LogP contribution in [-0.4, -0.2) is 18.0 Å². The summed E-state index contributed by atoms with van der Waals surface area (Å²) in [5, 5.41) is 6.19. The molecule has 0 fully saturated rings. The lowest BCUT2D eigenvalue weighted by Crippen LogP contribution is -2.45. The summed E-state index contributed by atoms with van der Waals surface area (Å²) in [6.07, 6.45) is 0.918. The molecule has 0 unspecified atom stereocenters. The fourth-order valence-corrected chi connectivity index (χ4v) is 1.96. The van der Waals surface area contributed by atoms with Crippen LogP contribution < -0.4 is 10.6 Å². The summed E-state index contributed by atoms with van der Waals surface area (Å²) >= 11 is 2.27. The minimum Gasteiger partial charge on any atom is -0.376 e. The highest BCUT2D eigenvalue weighted by Crippen LogP contribution is 2.17. The van der Waals surface area contributed by atoms with Crippen LogP contribution in [0, 0.1) is 10.5 Å². The highest BCUT2D eigenvalue weighted by Gasteiger charge is 2.17. The van der Waals surface area contributed by atoms with Crippen molar-refractivity contribution in [3.8, 4) is 0 Å². The van der Waals surface area contributed by atoms with Crippen molar-refractivity contribution in [3.63, 3.8) is 0 Å². The number of carbonyl (C=O) groups is 1. The second-order valence-electron chi connectivity index (χ2n) is 5.10. The Bertz CT molecular complexity index is 430. The van der Waals surface area contributed by atoms with Crippen LogP contribution in [-0.2, 0) is 4.79 Å². The highest BCUT2D eigenvalue weighted by molar-refractivity contribution is 14.1. The lowest BCUT2D eigenvalue weighted by atomic mass is 10.0. The first-order valence-corrected chi connectivity index (χ1v) is 7.23. The van der Waals surface area contributed by atoms with Gasteiger partial charge in [-0.1, -0.05) is 13.0 Å². The van der Waals surface area contributed by atoms with Gasteiger partial charge in [-0.25, -0.2) is 0 Å². The van der Waals surface area contributed by atoms with E-state index in [0.29, 0.717) is 6.54 Å². The smallest absolute Gasteiger partial charge is 0.239 e. The van der Waals surface area contributed by atoms with E-state index in [2.05, 4.69) is 52.3 Å². The van der Waals surface area contributed by atoms with E-state index in [4.69, 9.17) is 0 Å². The number of benzene rings is 1. The normalized spacial score (nSPS) is 11.2. The Morgan fingerprint density at radius 1 is 1.39 bits per heavy atom. The summed E-state index contributed by atoms with van der Waals surface area (Å²) in [6, 6.07) is 6.16. The van der Waals surface area contributed by atoms with Gasteiger partial charge >= 0.3 is 0 Å². The largest absolute Gasteiger partial charge is 0.376 e. The molecule has 0 aliphatic rings. The first-order valence-electron chi connectivity index (χ1n) is 6.15. The molecule has 2 N–H and O–H groups in total. The molecule has 0 aliphatic heterocycles. The molecular formula is C14H21IN2O. The summed E-state index contributed by atoms with van der Waals surface area (Å²) in [5.41, 5.74) is 2.03. The maximum atomic E-state index is 11.8. The second kappa shape index (κ2) is 6.41. The van der Waals surface area contributed by atoms with Gasteiger partial charge in [-0.3, -0.25) is 4.79 Å². The van der Waals surface area contributed by atoms with Crippen LogP contribution in [0.2, 0.25) is 0 Å². The average molecular weight is 360 g/mol. The third kappa shape index (κ3) is 4.84. The van der Waals surface area contributed by atoms with E-state index in [9.17, 15) is 4.79 Å². The first-order chi connectivity index (χ1) is 8.34. The van der Waals surface area contributed by atoms with Crippen LogP contribution in [0.5, 0.6) is 0 Å². The number of aryl methyl sites for hydroxylation is 1. The zero-order valence-corrected chi connectivity index (χ0v) is 13.6. The lowest BCUT2D eigenvalue weighted by Gasteiger charge is -2.24. The number of amides is 1. The van der Waals surface area contributed by atoms with Gasteiger partial charge in [-0.2, -0.15) is 0 Å². The molecule has 1 amide bonds. The Hall–Kier alpha value is -0.780. The standard InChI is InChI=1S/C14H21IN2O/c1-5-14(3,4)17-13(18)9-16-12-8-11(15)7-6-10(12)2/h6-8,16H,5,9H2,1-4H3,(H,17,18). The Balaban J connectivity index is 2.55. The molecule has 1 rings (SSSR count). The molecule has 1 aromatic rings. The van der Waals surface area contributed by atoms with E-state index < -0.39 is 0 Å². The van der Waals surface area contributed by atoms with E-state index in [0.717, 1.165) is 21.2 Å². The molecule has 4 heteroatoms. The Kier molecular flexibility index (Phi) is 5.44. The van der Waals surface area contributed by atoms with Gasteiger partial charge in [0.1, 0.15) is 0 Å². The van der Waals surface area contributed by atoms with Gasteiger partial charge in [-0.15, -0.1) is 0 Å². The van der Waals surface area contributed by atoms with Crippen LogP contribution in [0.3, 0.4) is 0 Å². The summed E-state index contributed by atoms with van der Waals surface area (Å²) < 4.78 is 1.16. The molecule has 0 saturated heterocycles. The number of hydrogen-bond acceptors (Lipinski definition) is 2. The fraction of sp³-hybridized carbons (Fsp3) is 0.500. The van der Waals surface area contributed by atoms with E-state index in [-0.39, 0.29) is 11.4 Å². The predicted octanol–water partition coefficient (Wildman–Crippen LogP) is 3.32. The minimum atomic E-state index is -0.140. The van der Waals surface area contributed by atoms with Crippen LogP contribution in [0.4, 0.5) is 5.69 Å². The van der Waals surface area contributed by atoms with Gasteiger partial charge in [0, 0.05) is 14.8 Å². The molecule has 18 heavy (non-hydrogen) atoms. The summed E-state index contributed by atoms with van der Waals surface area (Å²) in [5.74, 6) is 0.0279. The van der Waals surface area contributed by atoms with E-state index in [1.165, 1.54) is 0 Å². The quantitative estimate of drug-likeness (QED) is 0.791. The van der Waals surface area contributed by atoms with E-state index >= 15 is 0 Å². The fourth-order valence-electron chi connectivity index (χ4n) is 1.47. The molecule has 0 radical (unpaired) electrons. The molecule has 0 spiro atoms. The zero-order valence-electron chi connectivity index (χ0n) is 11.4. The van der Waals surface area contributed by atoms with Crippen molar-refractivity contribution >= 4 is 34.2 Å². The van der Waals surface area contributed by atoms with Crippen LogP contribution in [0.1, 0.15) is 32.8 Å². The summed E-state index contributed by atoms with van der Waals surface area (Å²) in [6.45, 7) is 8.47. The summed E-state index contributed by atoms with van der Waals surface area (Å²) in [7, 11) is 0. The van der Waals surface area contributed by atoms with Crippen LogP contribution in [0.15, 0.2) is 18.2 Å². The number of anilines is 1. The highest BCUT2D eigenvalue weighted by atomic mass is 127. The maximum Gasteiger partial charge on any atom is 0.239 e. The number of rotatable bonds is 5. The van der Waals surface area contributed by atoms with Crippen molar-refractivity contribution in [2.45, 2.75) is 39.7 Å². The Morgan fingerprint density at radius 3 is 2.67 bits per heavy atom. The Labute approximate surface area is 123 Å². The number of hydrogen-bond donors (Lipinski definition) is 2. The topological polar surface area (TPSA) is 41.1 Å². The SMILES string of the molecule is CCC(C)(C)NC(=O)CNc1cc(I)ccc1C. The molecule has 0 aliphatic carbocycles. The summed E-state index contributed by atoms with van der Waals surface area (Å²) in [4.78, 5) is 11.8. The van der Waals surface area contributed by atoms with Gasteiger partial charge in [0.2, 0.25) is 5.91 Å². The van der Waals surface area contributed by atoms with E-state index in [1.54, 1.807) is 0 Å². The van der Waals surface area contributed by atoms with Gasteiger partial charge in [0.15, 0.2) is 0 Å². The van der Waals surface area contributed by atoms with Gasteiger partial charge in [-0.05, 0) is 67.5 Å². The minimum absolute atomic E-state index is 0.0279. The lowest BCUT2D eigenvalue weighted by molar-refractivity contribution is -0.121. The second-order valence-corrected chi connectivity index (χ2v) is 6.34. The molecular weight excluding hydrogens is 339 g/mol. The molecule has 0 saturated carbocycles. The van der Waals surface area contributed by atoms with Crippen molar-refractivity contribution in [2.75, 3.05) is 11.9 Å². The number of nitrogens with one attached hydrogen (secondary N) is 2. The molecule has 3 nitrogen and oxygen atoms in total.